The molecule has 3 atom stereocenters. The van der Waals surface area contributed by atoms with E-state index >= 15 is 0 Å². The van der Waals surface area contributed by atoms with Crippen LogP contribution >= 0.6 is 0 Å². The van der Waals surface area contributed by atoms with Crippen LogP contribution < -0.4 is 0 Å². The molecule has 3 unspecified atom stereocenters. The van der Waals surface area contributed by atoms with E-state index in [1.807, 2.05) is 51.1 Å². The van der Waals surface area contributed by atoms with Gasteiger partial charge in [0.05, 0.1) is 12.0 Å². The van der Waals surface area contributed by atoms with Crippen LogP contribution in [0.2, 0.25) is 0 Å². The van der Waals surface area contributed by atoms with Crippen molar-refractivity contribution in [3.8, 4) is 0 Å². The van der Waals surface area contributed by atoms with Crippen LogP contribution in [0.1, 0.15) is 26.3 Å². The van der Waals surface area contributed by atoms with Crippen LogP contribution in [0.3, 0.4) is 0 Å². The monoisotopic (exact) mass is 234 g/mol. The Morgan fingerprint density at radius 3 is 2.59 bits per heavy atom. The number of carbonyl (C=O) groups is 1. The highest BCUT2D eigenvalue weighted by Crippen LogP contribution is 2.42. The molecule has 0 bridgehead atoms. The summed E-state index contributed by atoms with van der Waals surface area (Å²) in [6.07, 6.45) is 0.141. The normalized spacial score (nSPS) is 28.5. The summed E-state index contributed by atoms with van der Waals surface area (Å²) in [7, 11) is 0. The van der Waals surface area contributed by atoms with Crippen LogP contribution in [0, 0.1) is 5.92 Å². The first-order valence-corrected chi connectivity index (χ1v) is 5.92. The zero-order chi connectivity index (χ0) is 12.5. The van der Waals surface area contributed by atoms with Crippen molar-refractivity contribution in [1.29, 1.82) is 0 Å². The zero-order valence-electron chi connectivity index (χ0n) is 10.5. The number of esters is 1. The van der Waals surface area contributed by atoms with Gasteiger partial charge in [-0.1, -0.05) is 30.3 Å². The maximum absolute atomic E-state index is 11.8. The lowest BCUT2D eigenvalue weighted by Gasteiger charge is -2.15. The molecule has 0 spiro atoms. The Labute approximate surface area is 102 Å². The average Bonchev–Trinajstić information content (AvgIpc) is 2.96. The molecule has 0 radical (unpaired) electrons. The lowest BCUT2D eigenvalue weighted by molar-refractivity contribution is -0.151. The maximum Gasteiger partial charge on any atom is 0.312 e. The van der Waals surface area contributed by atoms with Gasteiger partial charge in [-0.05, 0) is 26.3 Å². The molecule has 0 amide bonds. The number of hydrogen-bond acceptors (Lipinski definition) is 3. The molecule has 17 heavy (non-hydrogen) atoms. The van der Waals surface area contributed by atoms with Crippen molar-refractivity contribution >= 4 is 5.97 Å². The third-order valence-corrected chi connectivity index (χ3v) is 3.62. The van der Waals surface area contributed by atoms with E-state index in [0.29, 0.717) is 6.61 Å². The van der Waals surface area contributed by atoms with E-state index in [9.17, 15) is 4.79 Å². The first kappa shape index (κ1) is 12.1. The molecule has 3 heteroatoms. The molecule has 0 aliphatic carbocycles. The van der Waals surface area contributed by atoms with Gasteiger partial charge in [0.15, 0.2) is 0 Å². The lowest BCUT2D eigenvalue weighted by Crippen LogP contribution is -2.29. The fraction of sp³-hybridized carbons (Fsp3) is 0.500. The number of hydrogen-bond donors (Lipinski definition) is 0. The summed E-state index contributed by atoms with van der Waals surface area (Å²) in [5.74, 6) is -0.415. The number of epoxide rings is 1. The van der Waals surface area contributed by atoms with E-state index in [-0.39, 0.29) is 23.6 Å². The maximum atomic E-state index is 11.8. The van der Waals surface area contributed by atoms with Gasteiger partial charge in [0.1, 0.15) is 12.2 Å². The predicted molar refractivity (Wildman–Crippen MR) is 64.4 cm³/mol. The van der Waals surface area contributed by atoms with E-state index in [1.165, 1.54) is 0 Å². The second-order valence-corrected chi connectivity index (χ2v) is 4.76. The van der Waals surface area contributed by atoms with Crippen molar-refractivity contribution < 1.29 is 14.3 Å². The summed E-state index contributed by atoms with van der Waals surface area (Å²) in [6.45, 7) is 6.11. The van der Waals surface area contributed by atoms with E-state index in [2.05, 4.69) is 0 Å². The van der Waals surface area contributed by atoms with Crippen molar-refractivity contribution in [1.82, 2.24) is 0 Å². The molecule has 0 saturated carbocycles. The molecule has 0 N–H and O–H groups in total. The quantitative estimate of drug-likeness (QED) is 0.593. The van der Waals surface area contributed by atoms with Crippen LogP contribution in [0.15, 0.2) is 30.3 Å². The first-order chi connectivity index (χ1) is 8.04. The molecule has 1 aromatic rings. The van der Waals surface area contributed by atoms with Gasteiger partial charge >= 0.3 is 5.97 Å². The van der Waals surface area contributed by atoms with Gasteiger partial charge in [0, 0.05) is 0 Å². The van der Waals surface area contributed by atoms with Gasteiger partial charge in [-0.2, -0.15) is 0 Å². The van der Waals surface area contributed by atoms with Gasteiger partial charge in [-0.15, -0.1) is 0 Å². The summed E-state index contributed by atoms with van der Waals surface area (Å²) < 4.78 is 10.7. The molecule has 3 nitrogen and oxygen atoms in total. The third kappa shape index (κ3) is 2.50. The highest BCUT2D eigenvalue weighted by atomic mass is 16.6. The summed E-state index contributed by atoms with van der Waals surface area (Å²) in [5, 5.41) is 0. The molecular formula is C14H18O3. The Balaban J connectivity index is 1.86. The highest BCUT2D eigenvalue weighted by molar-refractivity contribution is 5.74. The van der Waals surface area contributed by atoms with Crippen LogP contribution in [-0.2, 0) is 20.9 Å². The largest absolute Gasteiger partial charge is 0.461 e. The van der Waals surface area contributed by atoms with E-state index in [1.54, 1.807) is 0 Å². The van der Waals surface area contributed by atoms with Gasteiger partial charge in [0.25, 0.3) is 0 Å². The Morgan fingerprint density at radius 1 is 1.47 bits per heavy atom. The van der Waals surface area contributed by atoms with E-state index in [0.717, 1.165) is 5.56 Å². The van der Waals surface area contributed by atoms with Gasteiger partial charge in [-0.25, -0.2) is 0 Å². The van der Waals surface area contributed by atoms with Crippen LogP contribution in [-0.4, -0.2) is 17.7 Å². The van der Waals surface area contributed by atoms with Gasteiger partial charge in [-0.3, -0.25) is 4.79 Å². The van der Waals surface area contributed by atoms with Crippen LogP contribution in [0.5, 0.6) is 0 Å². The summed E-state index contributed by atoms with van der Waals surface area (Å²) in [5.41, 5.74) is 0.663. The fourth-order valence-corrected chi connectivity index (χ4v) is 1.89. The molecule has 2 rings (SSSR count). The smallest absolute Gasteiger partial charge is 0.312 e. The fourth-order valence-electron chi connectivity index (χ4n) is 1.89. The Bertz CT molecular complexity index is 401. The van der Waals surface area contributed by atoms with Crippen molar-refractivity contribution in [3.63, 3.8) is 0 Å². The SMILES string of the molecule is CC1OC1(C)C(C)C(=O)OCc1ccccc1. The minimum atomic E-state index is -0.340. The Morgan fingerprint density at radius 2 is 2.06 bits per heavy atom. The number of carbonyl (C=O) groups excluding carboxylic acids is 1. The molecule has 1 heterocycles. The number of ether oxygens (including phenoxy) is 2. The molecule has 1 fully saturated rings. The van der Waals surface area contributed by atoms with Gasteiger partial charge < -0.3 is 9.47 Å². The number of rotatable bonds is 4. The van der Waals surface area contributed by atoms with Crippen LogP contribution in [0.25, 0.3) is 0 Å². The summed E-state index contributed by atoms with van der Waals surface area (Å²) in [4.78, 5) is 11.8. The molecular weight excluding hydrogens is 216 g/mol. The summed E-state index contributed by atoms with van der Waals surface area (Å²) in [6, 6.07) is 9.68. The first-order valence-electron chi connectivity index (χ1n) is 5.92. The van der Waals surface area contributed by atoms with Crippen molar-refractivity contribution in [2.75, 3.05) is 0 Å². The molecule has 1 aromatic carbocycles. The van der Waals surface area contributed by atoms with E-state index < -0.39 is 0 Å². The van der Waals surface area contributed by atoms with Crippen LogP contribution in [0.4, 0.5) is 0 Å². The Hall–Kier alpha value is -1.35. The highest BCUT2D eigenvalue weighted by Gasteiger charge is 2.56. The second kappa shape index (κ2) is 4.49. The summed E-state index contributed by atoms with van der Waals surface area (Å²) >= 11 is 0. The minimum Gasteiger partial charge on any atom is -0.461 e. The molecule has 1 aliphatic rings. The van der Waals surface area contributed by atoms with Crippen molar-refractivity contribution in [2.24, 2.45) is 5.92 Å². The predicted octanol–water partition coefficient (Wildman–Crippen LogP) is 2.54. The molecule has 1 aliphatic heterocycles. The zero-order valence-corrected chi connectivity index (χ0v) is 10.5. The molecule has 0 aromatic heterocycles. The average molecular weight is 234 g/mol. The van der Waals surface area contributed by atoms with E-state index in [4.69, 9.17) is 9.47 Å². The van der Waals surface area contributed by atoms with Crippen molar-refractivity contribution in [2.45, 2.75) is 39.1 Å². The topological polar surface area (TPSA) is 38.8 Å². The third-order valence-electron chi connectivity index (χ3n) is 3.62. The second-order valence-electron chi connectivity index (χ2n) is 4.76. The van der Waals surface area contributed by atoms with Crippen molar-refractivity contribution in [3.05, 3.63) is 35.9 Å². The minimum absolute atomic E-state index is 0.141. The standard InChI is InChI=1S/C14H18O3/c1-10(14(3)11(2)17-14)13(15)16-9-12-7-5-4-6-8-12/h4-8,10-11H,9H2,1-3H3. The molecule has 92 valence electrons. The molecule has 1 saturated heterocycles. The Kier molecular flexibility index (Phi) is 3.20. The lowest BCUT2D eigenvalue weighted by atomic mass is 9.93. The van der Waals surface area contributed by atoms with Gasteiger partial charge in [0.2, 0.25) is 0 Å². The number of benzene rings is 1.